The van der Waals surface area contributed by atoms with E-state index in [0.717, 1.165) is 23.3 Å². The van der Waals surface area contributed by atoms with Crippen LogP contribution in [0.2, 0.25) is 0 Å². The van der Waals surface area contributed by atoms with Gasteiger partial charge < -0.3 is 9.80 Å². The molecular formula is C30H30F2N6O2. The topological polar surface area (TPSA) is 85.4 Å². The molecule has 0 aliphatic carbocycles. The molecule has 0 radical (unpaired) electrons. The fourth-order valence-corrected chi connectivity index (χ4v) is 4.98. The number of hydrogen-bond acceptors (Lipinski definition) is 5. The molecular weight excluding hydrogens is 514 g/mol. The molecule has 0 atom stereocenters. The van der Waals surface area contributed by atoms with Crippen LogP contribution < -0.4 is 4.90 Å². The van der Waals surface area contributed by atoms with E-state index in [1.807, 2.05) is 30.3 Å². The second-order valence-electron chi connectivity index (χ2n) is 9.82. The fraction of sp³-hybridized carbons (Fsp3) is 0.267. The third-order valence-electron chi connectivity index (χ3n) is 7.05. The zero-order valence-corrected chi connectivity index (χ0v) is 22.2. The molecule has 2 amide bonds. The van der Waals surface area contributed by atoms with Crippen molar-refractivity contribution < 1.29 is 18.4 Å². The number of carbonyl (C=O) groups is 2. The smallest absolute Gasteiger partial charge is 0.254 e. The second-order valence-corrected chi connectivity index (χ2v) is 9.82. The minimum Gasteiger partial charge on any atom is -0.333 e. The number of aromatic amines is 1. The number of benzene rings is 3. The Kier molecular flexibility index (Phi) is 8.26. The van der Waals surface area contributed by atoms with Crippen LogP contribution >= 0.6 is 0 Å². The Morgan fingerprint density at radius 3 is 2.38 bits per heavy atom. The van der Waals surface area contributed by atoms with E-state index in [-0.39, 0.29) is 24.0 Å². The standard InChI is InChI=1S/C30H30F2N6O2/c1-21(39)38-13-5-12-36(18-22-6-3-2-4-7-22)14-15-37(19-25-16-26(31)27(32)17-28(25)38)30(40)24-10-8-23(9-11-24)29-33-20-34-35-29/h2-4,6-11,16-17,20H,5,12-15,18-19H2,1H3,(H,33,34,35). The predicted molar refractivity (Wildman–Crippen MR) is 147 cm³/mol. The lowest BCUT2D eigenvalue weighted by molar-refractivity contribution is -0.116. The molecule has 8 nitrogen and oxygen atoms in total. The minimum absolute atomic E-state index is 0.0121. The van der Waals surface area contributed by atoms with Gasteiger partial charge in [-0.15, -0.1) is 0 Å². The molecule has 0 fully saturated rings. The molecule has 3 aromatic carbocycles. The largest absolute Gasteiger partial charge is 0.333 e. The number of hydrogen-bond donors (Lipinski definition) is 1. The summed E-state index contributed by atoms with van der Waals surface area (Å²) < 4.78 is 28.9. The van der Waals surface area contributed by atoms with Crippen LogP contribution in [0.4, 0.5) is 14.5 Å². The van der Waals surface area contributed by atoms with Crippen molar-refractivity contribution >= 4 is 17.5 Å². The van der Waals surface area contributed by atoms with Crippen LogP contribution in [0.15, 0.2) is 73.1 Å². The lowest BCUT2D eigenvalue weighted by atomic mass is 10.1. The number of rotatable bonds is 4. The summed E-state index contributed by atoms with van der Waals surface area (Å²) in [7, 11) is 0. The number of carbonyl (C=O) groups excluding carboxylic acids is 2. The van der Waals surface area contributed by atoms with Gasteiger partial charge in [0.25, 0.3) is 5.91 Å². The Morgan fingerprint density at radius 2 is 1.68 bits per heavy atom. The van der Waals surface area contributed by atoms with Gasteiger partial charge in [0.1, 0.15) is 6.33 Å². The summed E-state index contributed by atoms with van der Waals surface area (Å²) in [6.07, 6.45) is 2.04. The highest BCUT2D eigenvalue weighted by Gasteiger charge is 2.25. The van der Waals surface area contributed by atoms with E-state index >= 15 is 0 Å². The van der Waals surface area contributed by atoms with Crippen LogP contribution in [0, 0.1) is 11.6 Å². The van der Waals surface area contributed by atoms with E-state index in [0.29, 0.717) is 56.1 Å². The van der Waals surface area contributed by atoms with Crippen LogP contribution in [0.3, 0.4) is 0 Å². The van der Waals surface area contributed by atoms with Crippen molar-refractivity contribution in [3.63, 3.8) is 0 Å². The Labute approximate surface area is 231 Å². The number of fused-ring (bicyclic) bond motifs is 1. The Hall–Kier alpha value is -4.44. The normalized spacial score (nSPS) is 14.9. The Balaban J connectivity index is 1.48. The third kappa shape index (κ3) is 6.23. The van der Waals surface area contributed by atoms with Gasteiger partial charge in [0.15, 0.2) is 17.5 Å². The van der Waals surface area contributed by atoms with E-state index in [1.54, 1.807) is 29.2 Å². The molecule has 0 saturated heterocycles. The fourth-order valence-electron chi connectivity index (χ4n) is 4.98. The molecule has 0 bridgehead atoms. The van der Waals surface area contributed by atoms with Gasteiger partial charge in [0.2, 0.25) is 5.91 Å². The van der Waals surface area contributed by atoms with Gasteiger partial charge in [0.05, 0.1) is 5.69 Å². The van der Waals surface area contributed by atoms with E-state index < -0.39 is 11.6 Å². The van der Waals surface area contributed by atoms with Crippen molar-refractivity contribution in [2.75, 3.05) is 31.1 Å². The van der Waals surface area contributed by atoms with Crippen molar-refractivity contribution in [1.29, 1.82) is 0 Å². The molecule has 5 rings (SSSR count). The van der Waals surface area contributed by atoms with Crippen LogP contribution in [-0.4, -0.2) is 63.0 Å². The van der Waals surface area contributed by atoms with Crippen LogP contribution in [0.1, 0.15) is 34.8 Å². The number of amides is 2. The molecule has 10 heteroatoms. The van der Waals surface area contributed by atoms with Crippen LogP contribution in [0.25, 0.3) is 11.4 Å². The van der Waals surface area contributed by atoms with Gasteiger partial charge in [-0.05, 0) is 35.7 Å². The zero-order chi connectivity index (χ0) is 28.1. The quantitative estimate of drug-likeness (QED) is 0.404. The Bertz CT molecular complexity index is 1460. The summed E-state index contributed by atoms with van der Waals surface area (Å²) in [6, 6.07) is 19.2. The van der Waals surface area contributed by atoms with Crippen molar-refractivity contribution in [1.82, 2.24) is 25.0 Å². The lowest BCUT2D eigenvalue weighted by Crippen LogP contribution is -2.38. The average Bonchev–Trinajstić information content (AvgIpc) is 3.49. The maximum Gasteiger partial charge on any atom is 0.254 e. The molecule has 206 valence electrons. The highest BCUT2D eigenvalue weighted by molar-refractivity contribution is 5.95. The minimum atomic E-state index is -1.04. The summed E-state index contributed by atoms with van der Waals surface area (Å²) in [4.78, 5) is 35.9. The molecule has 0 spiro atoms. The first kappa shape index (κ1) is 27.1. The first-order valence-corrected chi connectivity index (χ1v) is 13.2. The molecule has 0 unspecified atom stereocenters. The van der Waals surface area contributed by atoms with Gasteiger partial charge >= 0.3 is 0 Å². The number of aromatic nitrogens is 3. The highest BCUT2D eigenvalue weighted by Crippen LogP contribution is 2.28. The Morgan fingerprint density at radius 1 is 0.925 bits per heavy atom. The first-order valence-electron chi connectivity index (χ1n) is 13.2. The summed E-state index contributed by atoms with van der Waals surface area (Å²) in [5, 5.41) is 6.66. The van der Waals surface area contributed by atoms with Crippen LogP contribution in [0.5, 0.6) is 0 Å². The number of nitrogens with zero attached hydrogens (tertiary/aromatic N) is 5. The predicted octanol–water partition coefficient (Wildman–Crippen LogP) is 4.65. The molecule has 1 N–H and O–H groups in total. The van der Waals surface area contributed by atoms with E-state index in [1.165, 1.54) is 18.2 Å². The van der Waals surface area contributed by atoms with Gasteiger partial charge in [-0.25, -0.2) is 13.8 Å². The van der Waals surface area contributed by atoms with Crippen LogP contribution in [-0.2, 0) is 17.9 Å². The average molecular weight is 545 g/mol. The molecule has 0 saturated carbocycles. The van der Waals surface area contributed by atoms with Gasteiger partial charge in [-0.2, -0.15) is 5.10 Å². The summed E-state index contributed by atoms with van der Waals surface area (Å²) in [5.41, 5.74) is 3.01. The summed E-state index contributed by atoms with van der Waals surface area (Å²) >= 11 is 0. The van der Waals surface area contributed by atoms with Gasteiger partial charge in [-0.3, -0.25) is 19.6 Å². The number of H-pyrrole nitrogens is 1. The van der Waals surface area contributed by atoms with Gasteiger partial charge in [-0.1, -0.05) is 42.5 Å². The molecule has 2 heterocycles. The maximum absolute atomic E-state index is 14.5. The molecule has 1 aromatic heterocycles. The van der Waals surface area contributed by atoms with Crippen molar-refractivity contribution in [2.45, 2.75) is 26.4 Å². The molecule has 40 heavy (non-hydrogen) atoms. The molecule has 4 aromatic rings. The summed E-state index contributed by atoms with van der Waals surface area (Å²) in [5.74, 6) is -2.00. The second kappa shape index (κ2) is 12.2. The van der Waals surface area contributed by atoms with E-state index in [4.69, 9.17) is 0 Å². The third-order valence-corrected chi connectivity index (χ3v) is 7.05. The van der Waals surface area contributed by atoms with Crippen molar-refractivity contribution in [3.05, 3.63) is 101 Å². The van der Waals surface area contributed by atoms with Gasteiger partial charge in [0, 0.05) is 63.4 Å². The highest BCUT2D eigenvalue weighted by atomic mass is 19.2. The zero-order valence-electron chi connectivity index (χ0n) is 22.2. The summed E-state index contributed by atoms with van der Waals surface area (Å²) in [6.45, 7) is 4.01. The maximum atomic E-state index is 14.5. The SMILES string of the molecule is CC(=O)N1CCCN(Cc2ccccc2)CCN(C(=O)c2ccc(-c3ncn[nH]3)cc2)Cc2cc(F)c(F)cc21. The molecule has 1 aliphatic heterocycles. The number of anilines is 1. The van der Waals surface area contributed by atoms with E-state index in [9.17, 15) is 18.4 Å². The number of nitrogens with one attached hydrogen (secondary N) is 1. The first-order chi connectivity index (χ1) is 19.4. The molecule has 1 aliphatic rings. The monoisotopic (exact) mass is 544 g/mol. The van der Waals surface area contributed by atoms with E-state index in [2.05, 4.69) is 20.1 Å². The van der Waals surface area contributed by atoms with Crippen molar-refractivity contribution in [2.24, 2.45) is 0 Å². The number of halogens is 2. The van der Waals surface area contributed by atoms with Crippen molar-refractivity contribution in [3.8, 4) is 11.4 Å². The lowest BCUT2D eigenvalue weighted by Gasteiger charge is -2.28.